The van der Waals surface area contributed by atoms with Crippen LogP contribution in [-0.2, 0) is 0 Å². The minimum Gasteiger partial charge on any atom is -0.433 e. The lowest BCUT2D eigenvalue weighted by atomic mass is 10.1. The van der Waals surface area contributed by atoms with Gasteiger partial charge in [-0.2, -0.15) is 8.78 Å². The molecule has 0 amide bonds. The van der Waals surface area contributed by atoms with Gasteiger partial charge in [-0.15, -0.1) is 0 Å². The van der Waals surface area contributed by atoms with Crippen LogP contribution in [0, 0.1) is 5.82 Å². The summed E-state index contributed by atoms with van der Waals surface area (Å²) in [5.74, 6) is -0.279. The van der Waals surface area contributed by atoms with Crippen LogP contribution in [0.25, 0.3) is 0 Å². The van der Waals surface area contributed by atoms with Crippen molar-refractivity contribution >= 4 is 5.69 Å². The zero-order valence-electron chi connectivity index (χ0n) is 10.8. The van der Waals surface area contributed by atoms with Crippen molar-refractivity contribution in [3.63, 3.8) is 0 Å². The Morgan fingerprint density at radius 1 is 1.05 bits per heavy atom. The van der Waals surface area contributed by atoms with E-state index in [1.807, 2.05) is 6.92 Å². The number of anilines is 1. The van der Waals surface area contributed by atoms with Crippen LogP contribution < -0.4 is 10.1 Å². The van der Waals surface area contributed by atoms with Crippen LogP contribution in [0.4, 0.5) is 18.9 Å². The molecule has 0 aromatic heterocycles. The quantitative estimate of drug-likeness (QED) is 0.864. The van der Waals surface area contributed by atoms with Crippen molar-refractivity contribution < 1.29 is 17.9 Å². The van der Waals surface area contributed by atoms with Crippen LogP contribution >= 0.6 is 0 Å². The molecule has 0 saturated heterocycles. The molecule has 0 radical (unpaired) electrons. The van der Waals surface area contributed by atoms with Crippen LogP contribution in [0.2, 0.25) is 0 Å². The molecular formula is C15H14F3NO. The van der Waals surface area contributed by atoms with Gasteiger partial charge >= 0.3 is 6.61 Å². The van der Waals surface area contributed by atoms with Crippen LogP contribution in [0.3, 0.4) is 0 Å². The molecule has 0 saturated carbocycles. The van der Waals surface area contributed by atoms with E-state index < -0.39 is 6.61 Å². The lowest BCUT2D eigenvalue weighted by Crippen LogP contribution is -2.10. The van der Waals surface area contributed by atoms with Crippen molar-refractivity contribution in [3.05, 3.63) is 59.9 Å². The third kappa shape index (κ3) is 3.66. The van der Waals surface area contributed by atoms with E-state index in [1.54, 1.807) is 30.3 Å². The molecule has 0 fully saturated rings. The maximum Gasteiger partial charge on any atom is 0.387 e. The third-order valence-electron chi connectivity index (χ3n) is 2.82. The summed E-state index contributed by atoms with van der Waals surface area (Å²) in [6, 6.07) is 12.3. The summed E-state index contributed by atoms with van der Waals surface area (Å²) in [5.41, 5.74) is 1.15. The highest BCUT2D eigenvalue weighted by atomic mass is 19.3. The first kappa shape index (κ1) is 14.2. The molecule has 106 valence electrons. The molecule has 20 heavy (non-hydrogen) atoms. The van der Waals surface area contributed by atoms with Gasteiger partial charge in [0, 0.05) is 6.04 Å². The summed E-state index contributed by atoms with van der Waals surface area (Å²) in [6.07, 6.45) is 0. The van der Waals surface area contributed by atoms with Gasteiger partial charge in [0.05, 0.1) is 5.69 Å². The largest absolute Gasteiger partial charge is 0.433 e. The number of nitrogens with one attached hydrogen (secondary N) is 1. The van der Waals surface area contributed by atoms with Gasteiger partial charge in [0.1, 0.15) is 11.6 Å². The molecule has 2 aromatic carbocycles. The van der Waals surface area contributed by atoms with Gasteiger partial charge in [-0.25, -0.2) is 4.39 Å². The number of hydrogen-bond donors (Lipinski definition) is 1. The van der Waals surface area contributed by atoms with Gasteiger partial charge in [0.25, 0.3) is 0 Å². The lowest BCUT2D eigenvalue weighted by molar-refractivity contribution is -0.0493. The van der Waals surface area contributed by atoms with Crippen LogP contribution in [-0.4, -0.2) is 6.61 Å². The van der Waals surface area contributed by atoms with Crippen molar-refractivity contribution in [3.8, 4) is 5.75 Å². The number of ether oxygens (including phenoxy) is 1. The second kappa shape index (κ2) is 6.32. The van der Waals surface area contributed by atoms with Crippen molar-refractivity contribution in [1.29, 1.82) is 0 Å². The molecule has 0 aliphatic carbocycles. The monoisotopic (exact) mass is 281 g/mol. The number of hydrogen-bond acceptors (Lipinski definition) is 2. The molecule has 2 nitrogen and oxygen atoms in total. The summed E-state index contributed by atoms with van der Waals surface area (Å²) in [7, 11) is 0. The fourth-order valence-electron chi connectivity index (χ4n) is 1.88. The minimum atomic E-state index is -2.89. The number of halogens is 3. The normalized spacial score (nSPS) is 12.2. The van der Waals surface area contributed by atoms with Gasteiger partial charge in [-0.3, -0.25) is 0 Å². The number of alkyl halides is 2. The molecule has 0 spiro atoms. The Balaban J connectivity index is 2.17. The maximum atomic E-state index is 13.2. The van der Waals surface area contributed by atoms with Gasteiger partial charge < -0.3 is 10.1 Å². The Morgan fingerprint density at radius 3 is 2.50 bits per heavy atom. The standard InChI is InChI=1S/C15H14F3NO/c1-10(11-5-4-6-12(16)9-11)19-13-7-2-3-8-14(13)20-15(17)18/h2-10,15,19H,1H3. The van der Waals surface area contributed by atoms with Crippen LogP contribution in [0.1, 0.15) is 18.5 Å². The summed E-state index contributed by atoms with van der Waals surface area (Å²) >= 11 is 0. The van der Waals surface area contributed by atoms with Gasteiger partial charge in [-0.05, 0) is 36.8 Å². The second-order valence-corrected chi connectivity index (χ2v) is 4.30. The maximum absolute atomic E-state index is 13.2. The molecule has 1 atom stereocenters. The lowest BCUT2D eigenvalue weighted by Gasteiger charge is -2.18. The molecule has 1 unspecified atom stereocenters. The van der Waals surface area contributed by atoms with Crippen molar-refractivity contribution in [2.45, 2.75) is 19.6 Å². The fourth-order valence-corrected chi connectivity index (χ4v) is 1.88. The highest BCUT2D eigenvalue weighted by molar-refractivity contribution is 5.57. The first-order valence-corrected chi connectivity index (χ1v) is 6.12. The predicted molar refractivity (Wildman–Crippen MR) is 71.5 cm³/mol. The Morgan fingerprint density at radius 2 is 1.80 bits per heavy atom. The Kier molecular flexibility index (Phi) is 4.50. The molecule has 0 aliphatic rings. The van der Waals surface area contributed by atoms with E-state index in [1.165, 1.54) is 18.2 Å². The SMILES string of the molecule is CC(Nc1ccccc1OC(F)F)c1cccc(F)c1. The number of para-hydroxylation sites is 2. The van der Waals surface area contributed by atoms with Gasteiger partial charge in [-0.1, -0.05) is 24.3 Å². The Labute approximate surface area is 115 Å². The van der Waals surface area contributed by atoms with E-state index in [0.29, 0.717) is 5.69 Å². The summed E-state index contributed by atoms with van der Waals surface area (Å²) in [5, 5.41) is 3.03. The van der Waals surface area contributed by atoms with Gasteiger partial charge in [0.2, 0.25) is 0 Å². The summed E-state index contributed by atoms with van der Waals surface area (Å²) in [4.78, 5) is 0. The molecule has 5 heteroatoms. The Hall–Kier alpha value is -2.17. The van der Waals surface area contributed by atoms with Crippen molar-refractivity contribution in [2.75, 3.05) is 5.32 Å². The van der Waals surface area contributed by atoms with E-state index in [-0.39, 0.29) is 17.6 Å². The average molecular weight is 281 g/mol. The molecule has 2 rings (SSSR count). The van der Waals surface area contributed by atoms with Crippen LogP contribution in [0.15, 0.2) is 48.5 Å². The smallest absolute Gasteiger partial charge is 0.387 e. The predicted octanol–water partition coefficient (Wildman–Crippen LogP) is 4.60. The summed E-state index contributed by atoms with van der Waals surface area (Å²) < 4.78 is 42.2. The molecular weight excluding hydrogens is 267 g/mol. The van der Waals surface area contributed by atoms with Crippen LogP contribution in [0.5, 0.6) is 5.75 Å². The van der Waals surface area contributed by atoms with E-state index >= 15 is 0 Å². The minimum absolute atomic E-state index is 0.0609. The van der Waals surface area contributed by atoms with E-state index in [2.05, 4.69) is 10.1 Å². The first-order valence-electron chi connectivity index (χ1n) is 6.12. The van der Waals surface area contributed by atoms with E-state index in [9.17, 15) is 13.2 Å². The topological polar surface area (TPSA) is 21.3 Å². The summed E-state index contributed by atoms with van der Waals surface area (Å²) in [6.45, 7) is -1.07. The fraction of sp³-hybridized carbons (Fsp3) is 0.200. The molecule has 0 aliphatic heterocycles. The zero-order valence-corrected chi connectivity index (χ0v) is 10.8. The number of benzene rings is 2. The highest BCUT2D eigenvalue weighted by Crippen LogP contribution is 2.29. The first-order chi connectivity index (χ1) is 9.56. The van der Waals surface area contributed by atoms with E-state index in [0.717, 1.165) is 5.56 Å². The molecule has 0 heterocycles. The average Bonchev–Trinajstić information content (AvgIpc) is 2.40. The van der Waals surface area contributed by atoms with Crippen molar-refractivity contribution in [1.82, 2.24) is 0 Å². The number of rotatable bonds is 5. The zero-order chi connectivity index (χ0) is 14.5. The Bertz CT molecular complexity index is 575. The van der Waals surface area contributed by atoms with E-state index in [4.69, 9.17) is 0 Å². The molecule has 2 aromatic rings. The third-order valence-corrected chi connectivity index (χ3v) is 2.82. The van der Waals surface area contributed by atoms with Crippen molar-refractivity contribution in [2.24, 2.45) is 0 Å². The highest BCUT2D eigenvalue weighted by Gasteiger charge is 2.12. The molecule has 1 N–H and O–H groups in total. The van der Waals surface area contributed by atoms with Gasteiger partial charge in [0.15, 0.2) is 0 Å². The molecule has 0 bridgehead atoms. The second-order valence-electron chi connectivity index (χ2n) is 4.30.